The van der Waals surface area contributed by atoms with Gasteiger partial charge < -0.3 is 10.1 Å². The fourth-order valence-electron chi connectivity index (χ4n) is 1.80. The number of rotatable bonds is 7. The number of carbonyl (C=O) groups is 1. The highest BCUT2D eigenvalue weighted by molar-refractivity contribution is 5.77. The van der Waals surface area contributed by atoms with Gasteiger partial charge in [-0.05, 0) is 37.4 Å². The van der Waals surface area contributed by atoms with Crippen LogP contribution in [0.3, 0.4) is 0 Å². The summed E-state index contributed by atoms with van der Waals surface area (Å²) in [6.45, 7) is 7.24. The molecule has 1 rings (SSSR count). The van der Waals surface area contributed by atoms with Gasteiger partial charge >= 0.3 is 5.97 Å². The summed E-state index contributed by atoms with van der Waals surface area (Å²) in [6.07, 6.45) is 2.00. The van der Waals surface area contributed by atoms with Crippen LogP contribution in [0.15, 0.2) is 24.3 Å². The van der Waals surface area contributed by atoms with E-state index in [2.05, 4.69) is 31.3 Å². The molecular formula is C15H23NO2. The Balaban J connectivity index is 2.82. The lowest BCUT2D eigenvalue weighted by Gasteiger charge is -2.17. The van der Waals surface area contributed by atoms with Gasteiger partial charge in [0, 0.05) is 0 Å². The molecule has 0 aliphatic heterocycles. The number of esters is 1. The third-order valence-electron chi connectivity index (χ3n) is 2.84. The number of hydrogen-bond donors (Lipinski definition) is 1. The first-order chi connectivity index (χ1) is 8.72. The number of benzene rings is 1. The molecule has 18 heavy (non-hydrogen) atoms. The van der Waals surface area contributed by atoms with Gasteiger partial charge in [0.1, 0.15) is 6.04 Å². The second-order valence-corrected chi connectivity index (χ2v) is 4.23. The largest absolute Gasteiger partial charge is 0.465 e. The number of hydrogen-bond acceptors (Lipinski definition) is 3. The Morgan fingerprint density at radius 3 is 2.39 bits per heavy atom. The molecule has 3 heteroatoms. The highest BCUT2D eigenvalue weighted by Crippen LogP contribution is 2.16. The molecule has 0 fully saturated rings. The van der Waals surface area contributed by atoms with Gasteiger partial charge in [0.15, 0.2) is 0 Å². The van der Waals surface area contributed by atoms with Gasteiger partial charge in [-0.3, -0.25) is 0 Å². The zero-order valence-electron chi connectivity index (χ0n) is 11.5. The first-order valence-corrected chi connectivity index (χ1v) is 6.71. The van der Waals surface area contributed by atoms with Crippen molar-refractivity contribution in [2.24, 2.45) is 0 Å². The van der Waals surface area contributed by atoms with Crippen molar-refractivity contribution in [2.45, 2.75) is 39.7 Å². The molecule has 100 valence electrons. The van der Waals surface area contributed by atoms with Crippen molar-refractivity contribution in [1.82, 2.24) is 5.32 Å². The SMILES string of the molecule is CCCNC(C(=O)OCC)c1ccc(CC)cc1. The van der Waals surface area contributed by atoms with E-state index in [1.54, 1.807) is 0 Å². The molecular weight excluding hydrogens is 226 g/mol. The highest BCUT2D eigenvalue weighted by Gasteiger charge is 2.20. The minimum Gasteiger partial charge on any atom is -0.465 e. The Bertz CT molecular complexity index is 359. The molecule has 1 unspecified atom stereocenters. The Hall–Kier alpha value is -1.35. The third kappa shape index (κ3) is 4.15. The average molecular weight is 249 g/mol. The van der Waals surface area contributed by atoms with Crippen LogP contribution >= 0.6 is 0 Å². The highest BCUT2D eigenvalue weighted by atomic mass is 16.5. The van der Waals surface area contributed by atoms with Crippen LogP contribution < -0.4 is 5.32 Å². The molecule has 0 spiro atoms. The summed E-state index contributed by atoms with van der Waals surface area (Å²) in [5, 5.41) is 3.23. The second-order valence-electron chi connectivity index (χ2n) is 4.23. The lowest BCUT2D eigenvalue weighted by atomic mass is 10.0. The van der Waals surface area contributed by atoms with Crippen LogP contribution in [-0.2, 0) is 16.0 Å². The fraction of sp³-hybridized carbons (Fsp3) is 0.533. The third-order valence-corrected chi connectivity index (χ3v) is 2.84. The number of ether oxygens (including phenoxy) is 1. The molecule has 3 nitrogen and oxygen atoms in total. The quantitative estimate of drug-likeness (QED) is 0.755. The van der Waals surface area contributed by atoms with Crippen LogP contribution in [0, 0.1) is 0 Å². The van der Waals surface area contributed by atoms with Crippen LogP contribution in [0.1, 0.15) is 44.4 Å². The van der Waals surface area contributed by atoms with Gasteiger partial charge in [-0.15, -0.1) is 0 Å². The lowest BCUT2D eigenvalue weighted by Crippen LogP contribution is -2.30. The monoisotopic (exact) mass is 249 g/mol. The molecule has 0 heterocycles. The van der Waals surface area contributed by atoms with Crippen LogP contribution in [0.25, 0.3) is 0 Å². The molecule has 0 amide bonds. The van der Waals surface area contributed by atoms with Crippen LogP contribution in [0.5, 0.6) is 0 Å². The molecule has 0 saturated heterocycles. The topological polar surface area (TPSA) is 38.3 Å². The number of carbonyl (C=O) groups excluding carboxylic acids is 1. The van der Waals surface area contributed by atoms with Gasteiger partial charge in [0.2, 0.25) is 0 Å². The number of aryl methyl sites for hydroxylation is 1. The van der Waals surface area contributed by atoms with Crippen molar-refractivity contribution < 1.29 is 9.53 Å². The van der Waals surface area contributed by atoms with Crippen molar-refractivity contribution in [1.29, 1.82) is 0 Å². The molecule has 1 aromatic rings. The zero-order chi connectivity index (χ0) is 13.4. The maximum absolute atomic E-state index is 11.9. The molecule has 0 aliphatic carbocycles. The Morgan fingerprint density at radius 1 is 1.22 bits per heavy atom. The Kier molecular flexibility index (Phi) is 6.44. The predicted molar refractivity (Wildman–Crippen MR) is 73.5 cm³/mol. The standard InChI is InChI=1S/C15H23NO2/c1-4-11-16-14(15(17)18-6-3)13-9-7-12(5-2)8-10-13/h7-10,14,16H,4-6,11H2,1-3H3. The van der Waals surface area contributed by atoms with E-state index in [1.807, 2.05) is 19.1 Å². The van der Waals surface area contributed by atoms with E-state index < -0.39 is 0 Å². The molecule has 0 radical (unpaired) electrons. The minimum atomic E-state index is -0.351. The molecule has 0 aliphatic rings. The van der Waals surface area contributed by atoms with E-state index in [0.717, 1.165) is 24.9 Å². The fourth-order valence-corrected chi connectivity index (χ4v) is 1.80. The molecule has 0 saturated carbocycles. The Morgan fingerprint density at radius 2 is 1.89 bits per heavy atom. The van der Waals surface area contributed by atoms with Crippen LogP contribution in [0.4, 0.5) is 0 Å². The summed E-state index contributed by atoms with van der Waals surface area (Å²) >= 11 is 0. The maximum atomic E-state index is 11.9. The van der Waals surface area contributed by atoms with Crippen molar-refractivity contribution in [2.75, 3.05) is 13.2 Å². The summed E-state index contributed by atoms with van der Waals surface area (Å²) in [5.74, 6) is -0.199. The molecule has 0 aromatic heterocycles. The number of nitrogens with one attached hydrogen (secondary N) is 1. The average Bonchev–Trinajstić information content (AvgIpc) is 2.40. The Labute approximate surface area is 110 Å². The van der Waals surface area contributed by atoms with Crippen molar-refractivity contribution in [3.63, 3.8) is 0 Å². The predicted octanol–water partition coefficient (Wildman–Crippen LogP) is 2.85. The van der Waals surface area contributed by atoms with E-state index in [-0.39, 0.29) is 12.0 Å². The van der Waals surface area contributed by atoms with E-state index >= 15 is 0 Å². The van der Waals surface area contributed by atoms with Gasteiger partial charge in [0.05, 0.1) is 6.61 Å². The van der Waals surface area contributed by atoms with E-state index in [9.17, 15) is 4.79 Å². The second kappa shape index (κ2) is 7.88. The normalized spacial score (nSPS) is 12.2. The van der Waals surface area contributed by atoms with Gasteiger partial charge in [-0.25, -0.2) is 4.79 Å². The van der Waals surface area contributed by atoms with E-state index in [0.29, 0.717) is 6.61 Å². The van der Waals surface area contributed by atoms with Gasteiger partial charge in [0.25, 0.3) is 0 Å². The smallest absolute Gasteiger partial charge is 0.327 e. The molecule has 1 aromatic carbocycles. The summed E-state index contributed by atoms with van der Waals surface area (Å²) in [5.41, 5.74) is 2.25. The summed E-state index contributed by atoms with van der Waals surface area (Å²) in [7, 11) is 0. The summed E-state index contributed by atoms with van der Waals surface area (Å²) < 4.78 is 5.11. The van der Waals surface area contributed by atoms with E-state index in [1.165, 1.54) is 5.56 Å². The van der Waals surface area contributed by atoms with Gasteiger partial charge in [-0.2, -0.15) is 0 Å². The van der Waals surface area contributed by atoms with Crippen molar-refractivity contribution >= 4 is 5.97 Å². The minimum absolute atomic E-state index is 0.199. The van der Waals surface area contributed by atoms with Crippen LogP contribution in [0.2, 0.25) is 0 Å². The van der Waals surface area contributed by atoms with Crippen LogP contribution in [-0.4, -0.2) is 19.1 Å². The maximum Gasteiger partial charge on any atom is 0.327 e. The van der Waals surface area contributed by atoms with Crippen molar-refractivity contribution in [3.8, 4) is 0 Å². The van der Waals surface area contributed by atoms with Gasteiger partial charge in [-0.1, -0.05) is 38.1 Å². The zero-order valence-corrected chi connectivity index (χ0v) is 11.5. The molecule has 1 atom stereocenters. The molecule has 0 bridgehead atoms. The lowest BCUT2D eigenvalue weighted by molar-refractivity contribution is -0.145. The summed E-state index contributed by atoms with van der Waals surface area (Å²) in [4.78, 5) is 11.9. The first kappa shape index (κ1) is 14.7. The first-order valence-electron chi connectivity index (χ1n) is 6.71. The van der Waals surface area contributed by atoms with Crippen molar-refractivity contribution in [3.05, 3.63) is 35.4 Å². The van der Waals surface area contributed by atoms with E-state index in [4.69, 9.17) is 4.74 Å². The summed E-state index contributed by atoms with van der Waals surface area (Å²) in [6, 6.07) is 7.78. The molecule has 1 N–H and O–H groups in total.